The Morgan fingerprint density at radius 2 is 2.00 bits per heavy atom. The van der Waals surface area contributed by atoms with Gasteiger partial charge in [0.05, 0.1) is 6.54 Å². The molecular formula is C13H13NO2. The third-order valence-corrected chi connectivity index (χ3v) is 2.91. The maximum atomic E-state index is 9.23. The topological polar surface area (TPSA) is 45.4 Å². The van der Waals surface area contributed by atoms with E-state index in [1.54, 1.807) is 12.1 Å². The highest BCUT2D eigenvalue weighted by Gasteiger charge is 2.15. The van der Waals surface area contributed by atoms with Gasteiger partial charge in [-0.1, -0.05) is 0 Å². The van der Waals surface area contributed by atoms with E-state index < -0.39 is 0 Å². The number of rotatable bonds is 1. The Morgan fingerprint density at radius 1 is 1.19 bits per heavy atom. The van der Waals surface area contributed by atoms with Crippen molar-refractivity contribution in [2.24, 2.45) is 0 Å². The molecule has 0 saturated carbocycles. The summed E-state index contributed by atoms with van der Waals surface area (Å²) in [6.45, 7) is 1.83. The third kappa shape index (κ3) is 1.59. The fraction of sp³-hybridized carbons (Fsp3) is 0.231. The number of phenols is 1. The summed E-state index contributed by atoms with van der Waals surface area (Å²) in [6.07, 6.45) is 1.02. The number of phenolic OH excluding ortho intramolecular Hbond substituents is 1. The molecule has 3 nitrogen and oxygen atoms in total. The zero-order chi connectivity index (χ0) is 11.0. The molecule has 2 N–H and O–H groups in total. The van der Waals surface area contributed by atoms with Crippen LogP contribution in [0.4, 0.5) is 0 Å². The first kappa shape index (κ1) is 9.48. The Hall–Kier alpha value is -1.74. The van der Waals surface area contributed by atoms with Gasteiger partial charge in [-0.25, -0.2) is 0 Å². The molecule has 0 fully saturated rings. The second-order valence-corrected chi connectivity index (χ2v) is 4.03. The van der Waals surface area contributed by atoms with Gasteiger partial charge in [0, 0.05) is 5.56 Å². The second kappa shape index (κ2) is 3.68. The number of nitrogens with one attached hydrogen (secondary N) is 1. The highest BCUT2D eigenvalue weighted by molar-refractivity contribution is 5.60. The Labute approximate surface area is 93.7 Å². The van der Waals surface area contributed by atoms with Crippen molar-refractivity contribution in [3.8, 4) is 17.1 Å². The summed E-state index contributed by atoms with van der Waals surface area (Å²) >= 11 is 0. The van der Waals surface area contributed by atoms with E-state index in [-0.39, 0.29) is 5.75 Å². The fourth-order valence-electron chi connectivity index (χ4n) is 2.02. The van der Waals surface area contributed by atoms with Crippen LogP contribution in [0.25, 0.3) is 11.3 Å². The van der Waals surface area contributed by atoms with Crippen LogP contribution in [-0.4, -0.2) is 11.7 Å². The van der Waals surface area contributed by atoms with Gasteiger partial charge in [0.25, 0.3) is 0 Å². The minimum absolute atomic E-state index is 0.279. The summed E-state index contributed by atoms with van der Waals surface area (Å²) in [4.78, 5) is 0. The molecule has 3 rings (SSSR count). The molecule has 3 heteroatoms. The van der Waals surface area contributed by atoms with E-state index in [1.807, 2.05) is 12.1 Å². The summed E-state index contributed by atoms with van der Waals surface area (Å²) in [6, 6.07) is 9.19. The van der Waals surface area contributed by atoms with Crippen LogP contribution in [0, 0.1) is 0 Å². The van der Waals surface area contributed by atoms with E-state index in [0.29, 0.717) is 0 Å². The Morgan fingerprint density at radius 3 is 2.75 bits per heavy atom. The summed E-state index contributed by atoms with van der Waals surface area (Å²) < 4.78 is 5.79. The van der Waals surface area contributed by atoms with Gasteiger partial charge in [0.1, 0.15) is 17.3 Å². The average molecular weight is 215 g/mol. The van der Waals surface area contributed by atoms with Crippen LogP contribution in [0.2, 0.25) is 0 Å². The van der Waals surface area contributed by atoms with Crippen molar-refractivity contribution in [3.05, 3.63) is 41.7 Å². The van der Waals surface area contributed by atoms with Gasteiger partial charge in [-0.15, -0.1) is 0 Å². The SMILES string of the molecule is Oc1ccc(-c2cc3c(o2)CNCC3)cc1. The van der Waals surface area contributed by atoms with E-state index in [0.717, 1.165) is 36.6 Å². The van der Waals surface area contributed by atoms with Crippen molar-refractivity contribution in [2.75, 3.05) is 6.54 Å². The number of hydrogen-bond acceptors (Lipinski definition) is 3. The number of benzene rings is 1. The monoisotopic (exact) mass is 215 g/mol. The normalized spacial score (nSPS) is 14.8. The predicted octanol–water partition coefficient (Wildman–Crippen LogP) is 2.30. The largest absolute Gasteiger partial charge is 0.508 e. The molecule has 1 aromatic carbocycles. The summed E-state index contributed by atoms with van der Waals surface area (Å²) in [7, 11) is 0. The molecule has 16 heavy (non-hydrogen) atoms. The predicted molar refractivity (Wildman–Crippen MR) is 61.2 cm³/mol. The van der Waals surface area contributed by atoms with E-state index >= 15 is 0 Å². The molecule has 0 atom stereocenters. The fourth-order valence-corrected chi connectivity index (χ4v) is 2.02. The van der Waals surface area contributed by atoms with Crippen LogP contribution in [0.3, 0.4) is 0 Å². The molecule has 2 heterocycles. The zero-order valence-corrected chi connectivity index (χ0v) is 8.86. The molecule has 0 aliphatic carbocycles. The lowest BCUT2D eigenvalue weighted by molar-refractivity contribution is 0.470. The number of hydrogen-bond donors (Lipinski definition) is 2. The smallest absolute Gasteiger partial charge is 0.134 e. The van der Waals surface area contributed by atoms with Crippen LogP contribution in [0.5, 0.6) is 5.75 Å². The molecule has 0 unspecified atom stereocenters. The summed E-state index contributed by atoms with van der Waals surface area (Å²) in [5.74, 6) is 2.20. The van der Waals surface area contributed by atoms with Gasteiger partial charge < -0.3 is 14.8 Å². The quantitative estimate of drug-likeness (QED) is 0.767. The summed E-state index contributed by atoms with van der Waals surface area (Å²) in [5.41, 5.74) is 2.30. The van der Waals surface area contributed by atoms with Crippen molar-refractivity contribution in [3.63, 3.8) is 0 Å². The van der Waals surface area contributed by atoms with Crippen molar-refractivity contribution >= 4 is 0 Å². The van der Waals surface area contributed by atoms with Gasteiger partial charge >= 0.3 is 0 Å². The van der Waals surface area contributed by atoms with Gasteiger partial charge in [0.2, 0.25) is 0 Å². The number of fused-ring (bicyclic) bond motifs is 1. The maximum Gasteiger partial charge on any atom is 0.134 e. The molecule has 2 aromatic rings. The minimum Gasteiger partial charge on any atom is -0.508 e. The molecule has 0 saturated heterocycles. The molecule has 1 aromatic heterocycles. The van der Waals surface area contributed by atoms with E-state index in [2.05, 4.69) is 11.4 Å². The van der Waals surface area contributed by atoms with Crippen LogP contribution in [0.1, 0.15) is 11.3 Å². The Balaban J connectivity index is 2.00. The molecule has 0 bridgehead atoms. The third-order valence-electron chi connectivity index (χ3n) is 2.91. The molecule has 0 radical (unpaired) electrons. The lowest BCUT2D eigenvalue weighted by atomic mass is 10.1. The zero-order valence-electron chi connectivity index (χ0n) is 8.86. The maximum absolute atomic E-state index is 9.23. The molecule has 1 aliphatic rings. The lowest BCUT2D eigenvalue weighted by Gasteiger charge is -2.09. The first-order valence-corrected chi connectivity index (χ1v) is 5.44. The number of aromatic hydroxyl groups is 1. The van der Waals surface area contributed by atoms with Crippen molar-refractivity contribution in [1.29, 1.82) is 0 Å². The van der Waals surface area contributed by atoms with Gasteiger partial charge in [-0.05, 0) is 48.9 Å². The lowest BCUT2D eigenvalue weighted by Crippen LogP contribution is -2.22. The van der Waals surface area contributed by atoms with Gasteiger partial charge in [-0.3, -0.25) is 0 Å². The van der Waals surface area contributed by atoms with Crippen LogP contribution in [-0.2, 0) is 13.0 Å². The summed E-state index contributed by atoms with van der Waals surface area (Å²) in [5, 5.41) is 12.5. The van der Waals surface area contributed by atoms with E-state index in [4.69, 9.17) is 4.42 Å². The molecule has 1 aliphatic heterocycles. The van der Waals surface area contributed by atoms with E-state index in [9.17, 15) is 5.11 Å². The highest BCUT2D eigenvalue weighted by atomic mass is 16.3. The van der Waals surface area contributed by atoms with Crippen LogP contribution >= 0.6 is 0 Å². The Kier molecular flexibility index (Phi) is 2.18. The Bertz CT molecular complexity index is 476. The molecular weight excluding hydrogens is 202 g/mol. The van der Waals surface area contributed by atoms with E-state index in [1.165, 1.54) is 5.56 Å². The molecule has 0 amide bonds. The first-order chi connectivity index (χ1) is 7.83. The van der Waals surface area contributed by atoms with Crippen LogP contribution < -0.4 is 5.32 Å². The van der Waals surface area contributed by atoms with Crippen molar-refractivity contribution in [1.82, 2.24) is 5.32 Å². The van der Waals surface area contributed by atoms with Crippen molar-refractivity contribution in [2.45, 2.75) is 13.0 Å². The molecule has 82 valence electrons. The molecule has 0 spiro atoms. The van der Waals surface area contributed by atoms with Gasteiger partial charge in [0.15, 0.2) is 0 Å². The minimum atomic E-state index is 0.279. The van der Waals surface area contributed by atoms with Crippen LogP contribution in [0.15, 0.2) is 34.7 Å². The second-order valence-electron chi connectivity index (χ2n) is 4.03. The average Bonchev–Trinajstić information content (AvgIpc) is 2.73. The van der Waals surface area contributed by atoms with Crippen molar-refractivity contribution < 1.29 is 9.52 Å². The number of furan rings is 1. The standard InChI is InChI=1S/C13H13NO2/c15-11-3-1-9(2-4-11)12-7-10-5-6-14-8-13(10)16-12/h1-4,7,14-15H,5-6,8H2. The van der Waals surface area contributed by atoms with Gasteiger partial charge in [-0.2, -0.15) is 0 Å². The highest BCUT2D eigenvalue weighted by Crippen LogP contribution is 2.28. The first-order valence-electron chi connectivity index (χ1n) is 5.44.